The average molecular weight is 1220 g/mol. The van der Waals surface area contributed by atoms with E-state index in [1.807, 2.05) is 6.07 Å². The molecule has 0 N–H and O–H groups in total. The fraction of sp³-hybridized carbons (Fsp3) is 0.310. The number of methoxy groups -OCH3 is 1. The number of nitrogens with zero attached hydrogens (tertiary/aromatic N) is 1. The lowest BCUT2D eigenvalue weighted by atomic mass is 10.2. The van der Waals surface area contributed by atoms with Crippen LogP contribution in [0.5, 0.6) is 40.2 Å². The van der Waals surface area contributed by atoms with Crippen LogP contribution >= 0.6 is 0 Å². The summed E-state index contributed by atoms with van der Waals surface area (Å²) in [6.07, 6.45) is 10.9. The molecule has 470 valence electrons. The van der Waals surface area contributed by atoms with Gasteiger partial charge in [0.05, 0.1) is 75.1 Å². The Morgan fingerprint density at radius 3 is 0.876 bits per heavy atom. The second-order valence-corrected chi connectivity index (χ2v) is 20.0. The first-order valence-corrected chi connectivity index (χ1v) is 29.2. The van der Waals surface area contributed by atoms with Crippen molar-refractivity contribution in [2.45, 2.75) is 97.8 Å². The molecule has 0 saturated carbocycles. The zero-order valence-electron chi connectivity index (χ0n) is 51.1. The number of benzene rings is 6. The van der Waals surface area contributed by atoms with E-state index in [0.29, 0.717) is 113 Å². The Kier molecular flexibility index (Phi) is 33.0. The van der Waals surface area contributed by atoms with E-state index in [1.54, 1.807) is 149 Å². The Bertz CT molecular complexity index is 3230. The molecule has 89 heavy (non-hydrogen) atoms. The SMILES string of the molecule is C=C(C)C(=O)OCCCCCCOc1ccc(C(=O)Oc2ccc(C#N)cc2)cc1.C=C(C)C(=O)OCCCCCCOc1ccc(C(=O)Oc2ccc(F)cc2)cc1.C=C(C)C(=O)OCCCCCCOc1ccc(C(=O)Oc2ccc(OC)cc2)cc1. The van der Waals surface area contributed by atoms with Gasteiger partial charge in [0.2, 0.25) is 0 Å². The highest BCUT2D eigenvalue weighted by Gasteiger charge is 2.13. The predicted molar refractivity (Wildman–Crippen MR) is 334 cm³/mol. The number of carbonyl (C=O) groups excluding carboxylic acids is 6. The van der Waals surface area contributed by atoms with E-state index in [9.17, 15) is 33.2 Å². The Labute approximate surface area is 520 Å². The standard InChI is InChI=1S/C24H25NO5.C24H28O6.C23H25FO5/c1-18(2)23(26)29-16-6-4-3-5-15-28-21-13-9-20(10-14-21)24(27)30-22-11-7-19(17-25)8-12-22;1-18(2)23(25)29-17-7-5-4-6-16-28-21-10-8-19(9-11-21)24(26)30-22-14-12-20(27-3)13-15-22;1-17(2)22(25)28-16-6-4-3-5-15-27-20-11-7-18(8-12-20)23(26)29-21-13-9-19(24)10-14-21/h7-14H,1,3-6,15-16H2,2H3;8-15H,1,4-7,16-17H2,2-3H3;7-14H,1,3-6,15-16H2,2H3. The molecule has 0 aromatic heterocycles. The Morgan fingerprint density at radius 1 is 0.360 bits per heavy atom. The molecule has 0 bridgehead atoms. The third-order valence-corrected chi connectivity index (χ3v) is 12.4. The summed E-state index contributed by atoms with van der Waals surface area (Å²) < 4.78 is 65.9. The molecule has 6 aromatic carbocycles. The Balaban J connectivity index is 0.000000285. The zero-order valence-corrected chi connectivity index (χ0v) is 51.1. The van der Waals surface area contributed by atoms with Gasteiger partial charge in [-0.15, -0.1) is 0 Å². The molecule has 0 fully saturated rings. The van der Waals surface area contributed by atoms with Crippen molar-refractivity contribution < 1.29 is 80.5 Å². The molecule has 0 spiro atoms. The van der Waals surface area contributed by atoms with Gasteiger partial charge in [0.25, 0.3) is 0 Å². The predicted octanol–water partition coefficient (Wildman–Crippen LogP) is 14.9. The monoisotopic (exact) mass is 1220 g/mol. The van der Waals surface area contributed by atoms with Crippen LogP contribution in [0.2, 0.25) is 0 Å². The van der Waals surface area contributed by atoms with Gasteiger partial charge in [-0.1, -0.05) is 19.7 Å². The largest absolute Gasteiger partial charge is 0.497 e. The van der Waals surface area contributed by atoms with Crippen molar-refractivity contribution in [2.75, 3.05) is 46.8 Å². The summed E-state index contributed by atoms with van der Waals surface area (Å²) in [4.78, 5) is 70.2. The summed E-state index contributed by atoms with van der Waals surface area (Å²) in [5.74, 6) is 1.02. The van der Waals surface area contributed by atoms with Gasteiger partial charge in [0.15, 0.2) is 0 Å². The topological polar surface area (TPSA) is 219 Å². The fourth-order valence-electron chi connectivity index (χ4n) is 7.41. The van der Waals surface area contributed by atoms with E-state index in [0.717, 1.165) is 77.0 Å². The van der Waals surface area contributed by atoms with Crippen LogP contribution < -0.4 is 33.2 Å². The van der Waals surface area contributed by atoms with Crippen molar-refractivity contribution in [1.29, 1.82) is 5.26 Å². The average Bonchev–Trinajstić information content (AvgIpc) is 3.71. The maximum absolute atomic E-state index is 12.9. The van der Waals surface area contributed by atoms with E-state index in [2.05, 4.69) is 19.7 Å². The van der Waals surface area contributed by atoms with Crippen molar-refractivity contribution in [3.8, 4) is 46.3 Å². The van der Waals surface area contributed by atoms with Gasteiger partial charge in [-0.25, -0.2) is 33.2 Å². The number of unbranched alkanes of at least 4 members (excludes halogenated alkanes) is 9. The number of esters is 6. The molecular weight excluding hydrogens is 1140 g/mol. The lowest BCUT2D eigenvalue weighted by Crippen LogP contribution is -2.08. The summed E-state index contributed by atoms with van der Waals surface area (Å²) in [6, 6.07) is 40.7. The molecule has 0 radical (unpaired) electrons. The number of halogens is 1. The highest BCUT2D eigenvalue weighted by Crippen LogP contribution is 2.22. The van der Waals surface area contributed by atoms with Gasteiger partial charge in [-0.3, -0.25) is 0 Å². The molecule has 6 aromatic rings. The third kappa shape index (κ3) is 29.8. The molecule has 0 aliphatic heterocycles. The minimum absolute atomic E-state index is 0.283. The van der Waals surface area contributed by atoms with Gasteiger partial charge in [-0.05, 0) is 243 Å². The number of rotatable bonds is 34. The fourth-order valence-corrected chi connectivity index (χ4v) is 7.41. The van der Waals surface area contributed by atoms with Gasteiger partial charge in [0, 0.05) is 16.7 Å². The Hall–Kier alpha value is -10.0. The van der Waals surface area contributed by atoms with E-state index in [1.165, 1.54) is 24.3 Å². The van der Waals surface area contributed by atoms with E-state index in [4.69, 9.17) is 52.6 Å². The van der Waals surface area contributed by atoms with Crippen molar-refractivity contribution in [2.24, 2.45) is 0 Å². The molecule has 0 aliphatic carbocycles. The molecule has 0 aliphatic rings. The number of carbonyl (C=O) groups is 6. The van der Waals surface area contributed by atoms with Gasteiger partial charge >= 0.3 is 35.8 Å². The maximum Gasteiger partial charge on any atom is 0.343 e. The van der Waals surface area contributed by atoms with Gasteiger partial charge in [-0.2, -0.15) is 5.26 Å². The molecule has 17 nitrogen and oxygen atoms in total. The van der Waals surface area contributed by atoms with Crippen molar-refractivity contribution in [3.05, 3.63) is 210 Å². The van der Waals surface area contributed by atoms with Crippen LogP contribution in [0.3, 0.4) is 0 Å². The van der Waals surface area contributed by atoms with Crippen LogP contribution in [0.25, 0.3) is 0 Å². The number of nitriles is 1. The summed E-state index contributed by atoms with van der Waals surface area (Å²) in [5.41, 5.74) is 2.99. The summed E-state index contributed by atoms with van der Waals surface area (Å²) in [6.45, 7) is 18.4. The normalized spacial score (nSPS) is 10.2. The molecule has 6 rings (SSSR count). The van der Waals surface area contributed by atoms with E-state index < -0.39 is 23.7 Å². The van der Waals surface area contributed by atoms with Crippen molar-refractivity contribution in [3.63, 3.8) is 0 Å². The van der Waals surface area contributed by atoms with Crippen molar-refractivity contribution >= 4 is 35.8 Å². The second-order valence-electron chi connectivity index (χ2n) is 20.0. The highest BCUT2D eigenvalue weighted by atomic mass is 19.1. The van der Waals surface area contributed by atoms with Crippen LogP contribution in [0, 0.1) is 17.1 Å². The highest BCUT2D eigenvalue weighted by molar-refractivity contribution is 5.92. The minimum Gasteiger partial charge on any atom is -0.497 e. The molecule has 18 heteroatoms. The van der Waals surface area contributed by atoms with E-state index in [-0.39, 0.29) is 23.7 Å². The number of ether oxygens (including phenoxy) is 10. The molecule has 0 saturated heterocycles. The van der Waals surface area contributed by atoms with Gasteiger partial charge < -0.3 is 47.4 Å². The minimum atomic E-state index is -0.518. The van der Waals surface area contributed by atoms with E-state index >= 15 is 0 Å². The number of hydrogen-bond acceptors (Lipinski definition) is 17. The maximum atomic E-state index is 12.9. The quantitative estimate of drug-likeness (QED) is 0.0121. The first-order valence-electron chi connectivity index (χ1n) is 29.2. The molecule has 0 atom stereocenters. The molecule has 0 amide bonds. The lowest BCUT2D eigenvalue weighted by molar-refractivity contribution is -0.139. The summed E-state index contributed by atoms with van der Waals surface area (Å²) >= 11 is 0. The summed E-state index contributed by atoms with van der Waals surface area (Å²) in [5, 5.41) is 8.79. The molecular formula is C71H78FNO16. The van der Waals surface area contributed by atoms with Crippen LogP contribution in [-0.2, 0) is 28.6 Å². The van der Waals surface area contributed by atoms with Crippen LogP contribution in [0.4, 0.5) is 4.39 Å². The Morgan fingerprint density at radius 2 is 0.607 bits per heavy atom. The van der Waals surface area contributed by atoms with Crippen LogP contribution in [0.15, 0.2) is 182 Å². The number of hydrogen-bond donors (Lipinski definition) is 0. The second kappa shape index (κ2) is 41.1. The molecule has 0 heterocycles. The van der Waals surface area contributed by atoms with Crippen LogP contribution in [0.1, 0.15) is 134 Å². The van der Waals surface area contributed by atoms with Crippen LogP contribution in [-0.4, -0.2) is 82.6 Å². The smallest absolute Gasteiger partial charge is 0.343 e. The third-order valence-electron chi connectivity index (χ3n) is 12.4. The van der Waals surface area contributed by atoms with Crippen molar-refractivity contribution in [1.82, 2.24) is 0 Å². The summed E-state index contributed by atoms with van der Waals surface area (Å²) in [7, 11) is 1.58. The first kappa shape index (κ1) is 71.5. The lowest BCUT2D eigenvalue weighted by Gasteiger charge is -2.08. The molecule has 0 unspecified atom stereocenters. The zero-order chi connectivity index (χ0) is 64.6. The first-order chi connectivity index (χ1) is 42.9. The van der Waals surface area contributed by atoms with Gasteiger partial charge in [0.1, 0.15) is 46.1 Å².